The molecule has 2 rings (SSSR count). The molecule has 2 heterocycles. The Hall–Kier alpha value is -1.55. The minimum absolute atomic E-state index is 0.366. The maximum Gasteiger partial charge on any atom is 0.137 e. The standard InChI is InChI=1S/C13H16N2OS/c1-10(7-11-5-6-17-9-11)15-13-4-3-12(16-2)8-14-13/h3-6,8-10H,7H2,1-2H3,(H,14,15). The molecule has 0 aliphatic rings. The summed E-state index contributed by atoms with van der Waals surface area (Å²) in [7, 11) is 1.64. The molecule has 0 fully saturated rings. The van der Waals surface area contributed by atoms with Crippen molar-refractivity contribution in [3.63, 3.8) is 0 Å². The van der Waals surface area contributed by atoms with Crippen LogP contribution in [-0.4, -0.2) is 18.1 Å². The number of anilines is 1. The quantitative estimate of drug-likeness (QED) is 0.882. The number of rotatable bonds is 5. The monoisotopic (exact) mass is 248 g/mol. The van der Waals surface area contributed by atoms with Crippen LogP contribution in [0.3, 0.4) is 0 Å². The highest BCUT2D eigenvalue weighted by molar-refractivity contribution is 7.07. The molecule has 0 radical (unpaired) electrons. The van der Waals surface area contributed by atoms with Crippen LogP contribution < -0.4 is 10.1 Å². The molecule has 17 heavy (non-hydrogen) atoms. The zero-order chi connectivity index (χ0) is 12.1. The van der Waals surface area contributed by atoms with Crippen LogP contribution in [0.25, 0.3) is 0 Å². The maximum atomic E-state index is 5.07. The fourth-order valence-electron chi connectivity index (χ4n) is 1.65. The number of hydrogen-bond acceptors (Lipinski definition) is 4. The molecular weight excluding hydrogens is 232 g/mol. The van der Waals surface area contributed by atoms with E-state index in [4.69, 9.17) is 4.74 Å². The van der Waals surface area contributed by atoms with E-state index in [1.165, 1.54) is 5.56 Å². The van der Waals surface area contributed by atoms with Gasteiger partial charge < -0.3 is 10.1 Å². The van der Waals surface area contributed by atoms with Crippen LogP contribution in [0, 0.1) is 0 Å². The summed E-state index contributed by atoms with van der Waals surface area (Å²) < 4.78 is 5.07. The Morgan fingerprint density at radius 3 is 2.88 bits per heavy atom. The second-order valence-corrected chi connectivity index (χ2v) is 4.74. The van der Waals surface area contributed by atoms with Gasteiger partial charge in [0.25, 0.3) is 0 Å². The highest BCUT2D eigenvalue weighted by atomic mass is 32.1. The number of pyridine rings is 1. The molecule has 1 atom stereocenters. The first-order valence-corrected chi connectivity index (χ1v) is 6.50. The van der Waals surface area contributed by atoms with Crippen molar-refractivity contribution in [1.29, 1.82) is 0 Å². The van der Waals surface area contributed by atoms with Crippen molar-refractivity contribution in [2.75, 3.05) is 12.4 Å². The number of aromatic nitrogens is 1. The molecule has 3 nitrogen and oxygen atoms in total. The molecule has 4 heteroatoms. The van der Waals surface area contributed by atoms with E-state index in [1.54, 1.807) is 24.6 Å². The number of methoxy groups -OCH3 is 1. The molecule has 0 saturated heterocycles. The van der Waals surface area contributed by atoms with Crippen molar-refractivity contribution in [3.05, 3.63) is 40.7 Å². The maximum absolute atomic E-state index is 5.07. The van der Waals surface area contributed by atoms with E-state index in [9.17, 15) is 0 Å². The van der Waals surface area contributed by atoms with E-state index in [0.717, 1.165) is 18.0 Å². The summed E-state index contributed by atoms with van der Waals surface area (Å²) in [5.74, 6) is 1.66. The Morgan fingerprint density at radius 2 is 2.29 bits per heavy atom. The first kappa shape index (κ1) is 11.9. The smallest absolute Gasteiger partial charge is 0.137 e. The third-order valence-corrected chi connectivity index (χ3v) is 3.22. The van der Waals surface area contributed by atoms with Gasteiger partial charge in [-0.3, -0.25) is 0 Å². The van der Waals surface area contributed by atoms with E-state index in [0.29, 0.717) is 6.04 Å². The van der Waals surface area contributed by atoms with Crippen LogP contribution in [-0.2, 0) is 6.42 Å². The van der Waals surface area contributed by atoms with Crippen LogP contribution in [0.1, 0.15) is 12.5 Å². The number of hydrogen-bond donors (Lipinski definition) is 1. The van der Waals surface area contributed by atoms with E-state index in [1.807, 2.05) is 12.1 Å². The van der Waals surface area contributed by atoms with Gasteiger partial charge in [0.1, 0.15) is 11.6 Å². The summed E-state index contributed by atoms with van der Waals surface area (Å²) in [5, 5.41) is 7.65. The van der Waals surface area contributed by atoms with Crippen LogP contribution in [0.2, 0.25) is 0 Å². The fraction of sp³-hybridized carbons (Fsp3) is 0.308. The average molecular weight is 248 g/mol. The second-order valence-electron chi connectivity index (χ2n) is 3.96. The van der Waals surface area contributed by atoms with Crippen LogP contribution >= 0.6 is 11.3 Å². The van der Waals surface area contributed by atoms with Gasteiger partial charge >= 0.3 is 0 Å². The zero-order valence-corrected chi connectivity index (χ0v) is 10.8. The number of nitrogens with zero attached hydrogens (tertiary/aromatic N) is 1. The lowest BCUT2D eigenvalue weighted by Gasteiger charge is -2.13. The largest absolute Gasteiger partial charge is 0.495 e. The first-order valence-electron chi connectivity index (χ1n) is 5.55. The van der Waals surface area contributed by atoms with Gasteiger partial charge in [-0.05, 0) is 47.9 Å². The van der Waals surface area contributed by atoms with Gasteiger partial charge in [0.05, 0.1) is 13.3 Å². The molecule has 0 saturated carbocycles. The molecule has 0 aliphatic heterocycles. The summed E-state index contributed by atoms with van der Waals surface area (Å²) in [6, 6.07) is 6.37. The van der Waals surface area contributed by atoms with Crippen molar-refractivity contribution < 1.29 is 4.74 Å². The molecule has 1 unspecified atom stereocenters. The third-order valence-electron chi connectivity index (χ3n) is 2.49. The number of thiophene rings is 1. The average Bonchev–Trinajstić information content (AvgIpc) is 2.82. The minimum atomic E-state index is 0.366. The van der Waals surface area contributed by atoms with Crippen LogP contribution in [0.4, 0.5) is 5.82 Å². The molecule has 0 amide bonds. The normalized spacial score (nSPS) is 12.1. The highest BCUT2D eigenvalue weighted by Crippen LogP contribution is 2.14. The highest BCUT2D eigenvalue weighted by Gasteiger charge is 2.04. The topological polar surface area (TPSA) is 34.1 Å². The molecule has 0 spiro atoms. The molecule has 0 bridgehead atoms. The summed E-state index contributed by atoms with van der Waals surface area (Å²) in [6.45, 7) is 2.16. The Bertz CT molecular complexity index is 439. The molecule has 0 aliphatic carbocycles. The van der Waals surface area contributed by atoms with Gasteiger partial charge in [-0.1, -0.05) is 0 Å². The van der Waals surface area contributed by atoms with E-state index in [-0.39, 0.29) is 0 Å². The number of ether oxygens (including phenoxy) is 1. The zero-order valence-electron chi connectivity index (χ0n) is 10.0. The van der Waals surface area contributed by atoms with Gasteiger partial charge in [0, 0.05) is 6.04 Å². The van der Waals surface area contributed by atoms with E-state index < -0.39 is 0 Å². The molecule has 2 aromatic rings. The fourth-order valence-corrected chi connectivity index (χ4v) is 2.33. The Morgan fingerprint density at radius 1 is 1.41 bits per heavy atom. The van der Waals surface area contributed by atoms with Crippen molar-refractivity contribution in [2.24, 2.45) is 0 Å². The first-order chi connectivity index (χ1) is 8.28. The predicted molar refractivity (Wildman–Crippen MR) is 71.9 cm³/mol. The van der Waals surface area contributed by atoms with Gasteiger partial charge in [0.2, 0.25) is 0 Å². The van der Waals surface area contributed by atoms with Crippen LogP contribution in [0.15, 0.2) is 35.2 Å². The lowest BCUT2D eigenvalue weighted by molar-refractivity contribution is 0.413. The molecular formula is C13H16N2OS. The van der Waals surface area contributed by atoms with Gasteiger partial charge in [-0.15, -0.1) is 0 Å². The van der Waals surface area contributed by atoms with E-state index in [2.05, 4.69) is 34.1 Å². The molecule has 0 aromatic carbocycles. The van der Waals surface area contributed by atoms with Crippen molar-refractivity contribution >= 4 is 17.2 Å². The molecule has 1 N–H and O–H groups in total. The second kappa shape index (κ2) is 5.68. The van der Waals surface area contributed by atoms with Gasteiger partial charge in [0.15, 0.2) is 0 Å². The Kier molecular flexibility index (Phi) is 3.98. The molecule has 90 valence electrons. The number of nitrogens with one attached hydrogen (secondary N) is 1. The van der Waals surface area contributed by atoms with Gasteiger partial charge in [-0.25, -0.2) is 4.98 Å². The SMILES string of the molecule is COc1ccc(NC(C)Cc2ccsc2)nc1. The van der Waals surface area contributed by atoms with Gasteiger partial charge in [-0.2, -0.15) is 11.3 Å². The van der Waals surface area contributed by atoms with E-state index >= 15 is 0 Å². The van der Waals surface area contributed by atoms with Crippen molar-refractivity contribution in [1.82, 2.24) is 4.98 Å². The lowest BCUT2D eigenvalue weighted by Crippen LogP contribution is -2.18. The summed E-state index contributed by atoms with van der Waals surface area (Å²) >= 11 is 1.73. The Labute approximate surface area is 105 Å². The minimum Gasteiger partial charge on any atom is -0.495 e. The van der Waals surface area contributed by atoms with Crippen molar-refractivity contribution in [2.45, 2.75) is 19.4 Å². The molecule has 2 aromatic heterocycles. The summed E-state index contributed by atoms with van der Waals surface area (Å²) in [4.78, 5) is 4.29. The van der Waals surface area contributed by atoms with Crippen molar-refractivity contribution in [3.8, 4) is 5.75 Å². The van der Waals surface area contributed by atoms with Crippen LogP contribution in [0.5, 0.6) is 5.75 Å². The Balaban J connectivity index is 1.91. The summed E-state index contributed by atoms with van der Waals surface area (Å²) in [6.07, 6.45) is 2.73. The summed E-state index contributed by atoms with van der Waals surface area (Å²) in [5.41, 5.74) is 1.36. The lowest BCUT2D eigenvalue weighted by atomic mass is 10.1. The third kappa shape index (κ3) is 3.46. The predicted octanol–water partition coefficient (Wildman–Crippen LogP) is 3.19.